The summed E-state index contributed by atoms with van der Waals surface area (Å²) in [5, 5.41) is 13.2. The van der Waals surface area contributed by atoms with Crippen LogP contribution in [0.4, 0.5) is 0 Å². The van der Waals surface area contributed by atoms with Crippen molar-refractivity contribution in [3.63, 3.8) is 0 Å². The van der Waals surface area contributed by atoms with Crippen LogP contribution in [0.2, 0.25) is 0 Å². The highest BCUT2D eigenvalue weighted by Crippen LogP contribution is 2.24. The Morgan fingerprint density at radius 3 is 2.11 bits per heavy atom. The third kappa shape index (κ3) is 2.70. The smallest absolute Gasteiger partial charge is 0.0626 e. The first-order valence-corrected chi connectivity index (χ1v) is 6.85. The highest BCUT2D eigenvalue weighted by atomic mass is 16.3. The molecule has 0 radical (unpaired) electrons. The Balaban J connectivity index is 1.69. The van der Waals surface area contributed by atoms with E-state index in [1.807, 2.05) is 18.2 Å². The molecule has 2 nitrogen and oxygen atoms in total. The Bertz CT molecular complexity index is 513. The lowest BCUT2D eigenvalue weighted by Crippen LogP contribution is -2.35. The van der Waals surface area contributed by atoms with Gasteiger partial charge in [0.25, 0.3) is 0 Å². The normalized spacial score (nSPS) is 16.3. The topological polar surface area (TPSA) is 32.3 Å². The van der Waals surface area contributed by atoms with Crippen molar-refractivity contribution in [2.75, 3.05) is 6.61 Å². The second-order valence-corrected chi connectivity index (χ2v) is 5.19. The molecule has 2 N–H and O–H groups in total. The largest absolute Gasteiger partial charge is 0.394 e. The molecular formula is C17H19NO. The van der Waals surface area contributed by atoms with Crippen LogP contribution in [0.25, 0.3) is 0 Å². The Morgan fingerprint density at radius 1 is 0.947 bits per heavy atom. The van der Waals surface area contributed by atoms with Crippen LogP contribution < -0.4 is 5.32 Å². The number of rotatable bonds is 4. The minimum Gasteiger partial charge on any atom is -0.394 e. The molecule has 0 bridgehead atoms. The number of hydrogen-bond acceptors (Lipinski definition) is 2. The van der Waals surface area contributed by atoms with Gasteiger partial charge < -0.3 is 10.4 Å². The fourth-order valence-electron chi connectivity index (χ4n) is 2.90. The first-order chi connectivity index (χ1) is 9.36. The summed E-state index contributed by atoms with van der Waals surface area (Å²) >= 11 is 0. The van der Waals surface area contributed by atoms with Gasteiger partial charge in [-0.2, -0.15) is 0 Å². The lowest BCUT2D eigenvalue weighted by molar-refractivity contribution is 0.233. The number of hydrogen-bond donors (Lipinski definition) is 2. The molecule has 2 heteroatoms. The second kappa shape index (κ2) is 5.55. The molecule has 0 amide bonds. The van der Waals surface area contributed by atoms with E-state index in [1.165, 1.54) is 11.1 Å². The third-order valence-electron chi connectivity index (χ3n) is 3.87. The Hall–Kier alpha value is -1.64. The monoisotopic (exact) mass is 253 g/mol. The van der Waals surface area contributed by atoms with Crippen molar-refractivity contribution < 1.29 is 5.11 Å². The lowest BCUT2D eigenvalue weighted by Gasteiger charge is -2.21. The molecule has 0 spiro atoms. The third-order valence-corrected chi connectivity index (χ3v) is 3.87. The molecule has 0 aromatic heterocycles. The fraction of sp³-hybridized carbons (Fsp3) is 0.294. The van der Waals surface area contributed by atoms with Crippen molar-refractivity contribution in [2.45, 2.75) is 24.9 Å². The molecule has 3 rings (SSSR count). The summed E-state index contributed by atoms with van der Waals surface area (Å²) in [5.74, 6) is 0. The first-order valence-electron chi connectivity index (χ1n) is 6.85. The zero-order chi connectivity index (χ0) is 13.1. The van der Waals surface area contributed by atoms with E-state index in [4.69, 9.17) is 0 Å². The summed E-state index contributed by atoms with van der Waals surface area (Å²) in [6.07, 6.45) is 2.11. The molecule has 0 fully saturated rings. The molecule has 1 unspecified atom stereocenters. The van der Waals surface area contributed by atoms with Crippen molar-refractivity contribution in [3.8, 4) is 0 Å². The number of nitrogens with one attached hydrogen (secondary N) is 1. The maximum atomic E-state index is 9.59. The summed E-state index contributed by atoms with van der Waals surface area (Å²) in [4.78, 5) is 0. The Kier molecular flexibility index (Phi) is 3.62. The van der Waals surface area contributed by atoms with Crippen molar-refractivity contribution in [1.82, 2.24) is 5.32 Å². The van der Waals surface area contributed by atoms with E-state index in [2.05, 4.69) is 41.7 Å². The SMILES string of the molecule is OCC(NC1Cc2ccccc2C1)c1ccccc1. The van der Waals surface area contributed by atoms with Gasteiger partial charge in [-0.25, -0.2) is 0 Å². The summed E-state index contributed by atoms with van der Waals surface area (Å²) in [6.45, 7) is 0.136. The minimum absolute atomic E-state index is 0.0283. The zero-order valence-corrected chi connectivity index (χ0v) is 10.9. The minimum atomic E-state index is 0.0283. The van der Waals surface area contributed by atoms with Crippen LogP contribution in [0.15, 0.2) is 54.6 Å². The standard InChI is InChI=1S/C17H19NO/c19-12-17(13-6-2-1-3-7-13)18-16-10-14-8-4-5-9-15(14)11-16/h1-9,16-19H,10-12H2. The average Bonchev–Trinajstić information content (AvgIpc) is 2.88. The summed E-state index contributed by atoms with van der Waals surface area (Å²) in [5.41, 5.74) is 4.02. The zero-order valence-electron chi connectivity index (χ0n) is 10.9. The molecule has 0 heterocycles. The molecule has 2 aromatic carbocycles. The lowest BCUT2D eigenvalue weighted by atomic mass is 10.1. The molecule has 0 saturated carbocycles. The molecular weight excluding hydrogens is 234 g/mol. The van der Waals surface area contributed by atoms with Crippen LogP contribution in [0.5, 0.6) is 0 Å². The van der Waals surface area contributed by atoms with Gasteiger partial charge in [-0.3, -0.25) is 0 Å². The molecule has 0 saturated heterocycles. The highest BCUT2D eigenvalue weighted by Gasteiger charge is 2.23. The predicted octanol–water partition coefficient (Wildman–Crippen LogP) is 2.48. The van der Waals surface area contributed by atoms with Gasteiger partial charge >= 0.3 is 0 Å². The van der Waals surface area contributed by atoms with Gasteiger partial charge in [0.2, 0.25) is 0 Å². The predicted molar refractivity (Wildman–Crippen MR) is 77.0 cm³/mol. The molecule has 0 aliphatic heterocycles. The van der Waals surface area contributed by atoms with E-state index in [0.29, 0.717) is 6.04 Å². The first kappa shape index (κ1) is 12.4. The van der Waals surface area contributed by atoms with Crippen LogP contribution in [-0.4, -0.2) is 17.8 Å². The van der Waals surface area contributed by atoms with Crippen molar-refractivity contribution in [2.24, 2.45) is 0 Å². The highest BCUT2D eigenvalue weighted by molar-refractivity contribution is 5.33. The maximum Gasteiger partial charge on any atom is 0.0626 e. The molecule has 19 heavy (non-hydrogen) atoms. The summed E-state index contributed by atoms with van der Waals surface area (Å²) < 4.78 is 0. The van der Waals surface area contributed by atoms with E-state index >= 15 is 0 Å². The van der Waals surface area contributed by atoms with Crippen molar-refractivity contribution in [1.29, 1.82) is 0 Å². The molecule has 1 aliphatic carbocycles. The Labute approximate surface area is 114 Å². The van der Waals surface area contributed by atoms with Crippen LogP contribution in [0.1, 0.15) is 22.7 Å². The van der Waals surface area contributed by atoms with E-state index < -0.39 is 0 Å². The van der Waals surface area contributed by atoms with Crippen LogP contribution >= 0.6 is 0 Å². The number of benzene rings is 2. The van der Waals surface area contributed by atoms with Crippen LogP contribution in [0.3, 0.4) is 0 Å². The molecule has 1 atom stereocenters. The number of fused-ring (bicyclic) bond motifs is 1. The second-order valence-electron chi connectivity index (χ2n) is 5.19. The van der Waals surface area contributed by atoms with Gasteiger partial charge in [-0.15, -0.1) is 0 Å². The van der Waals surface area contributed by atoms with Gasteiger partial charge in [-0.1, -0.05) is 54.6 Å². The molecule has 98 valence electrons. The summed E-state index contributed by atoms with van der Waals surface area (Å²) in [6, 6.07) is 19.2. The molecule has 2 aromatic rings. The average molecular weight is 253 g/mol. The van der Waals surface area contributed by atoms with Crippen LogP contribution in [-0.2, 0) is 12.8 Å². The van der Waals surface area contributed by atoms with Gasteiger partial charge in [-0.05, 0) is 29.5 Å². The maximum absolute atomic E-state index is 9.59. The van der Waals surface area contributed by atoms with Gasteiger partial charge in [0.05, 0.1) is 12.6 Å². The van der Waals surface area contributed by atoms with E-state index in [0.717, 1.165) is 18.4 Å². The van der Waals surface area contributed by atoms with Gasteiger partial charge in [0.1, 0.15) is 0 Å². The van der Waals surface area contributed by atoms with Gasteiger partial charge in [0.15, 0.2) is 0 Å². The summed E-state index contributed by atoms with van der Waals surface area (Å²) in [7, 11) is 0. The van der Waals surface area contributed by atoms with E-state index in [1.54, 1.807) is 0 Å². The fourth-order valence-corrected chi connectivity index (χ4v) is 2.90. The molecule has 1 aliphatic rings. The number of aliphatic hydroxyl groups excluding tert-OH is 1. The van der Waals surface area contributed by atoms with Crippen LogP contribution in [0, 0.1) is 0 Å². The number of aliphatic hydroxyl groups is 1. The van der Waals surface area contributed by atoms with Crippen molar-refractivity contribution >= 4 is 0 Å². The Morgan fingerprint density at radius 2 is 1.53 bits per heavy atom. The van der Waals surface area contributed by atoms with E-state index in [9.17, 15) is 5.11 Å². The van der Waals surface area contributed by atoms with Gasteiger partial charge in [0, 0.05) is 6.04 Å². The quantitative estimate of drug-likeness (QED) is 0.877. The van der Waals surface area contributed by atoms with E-state index in [-0.39, 0.29) is 12.6 Å². The van der Waals surface area contributed by atoms with Crippen molar-refractivity contribution in [3.05, 3.63) is 71.3 Å².